The zero-order valence-electron chi connectivity index (χ0n) is 11.0. The van der Waals surface area contributed by atoms with Crippen molar-refractivity contribution >= 4 is 38.7 Å². The van der Waals surface area contributed by atoms with Gasteiger partial charge in [0.25, 0.3) is 10.0 Å². The van der Waals surface area contributed by atoms with E-state index in [9.17, 15) is 13.2 Å². The Hall–Kier alpha value is -1.80. The summed E-state index contributed by atoms with van der Waals surface area (Å²) in [5.74, 6) is -0.372. The van der Waals surface area contributed by atoms with E-state index in [1.807, 2.05) is 12.2 Å². The standard InChI is InChI=1S/C13H13N3O3S2/c17-12(8-9-4-1-2-5-9)16-21(18,19)11-7-3-6-10-13(11)15-20-14-10/h1,3-4,6-7,9H,2,5,8H2,(H,16,17)/t9-/m1/s1. The summed E-state index contributed by atoms with van der Waals surface area (Å²) in [6.45, 7) is 0. The van der Waals surface area contributed by atoms with Crippen LogP contribution in [0.15, 0.2) is 35.2 Å². The molecule has 0 spiro atoms. The molecule has 0 radical (unpaired) electrons. The van der Waals surface area contributed by atoms with Crippen molar-refractivity contribution in [1.29, 1.82) is 0 Å². The summed E-state index contributed by atoms with van der Waals surface area (Å²) < 4.78 is 34.7. The van der Waals surface area contributed by atoms with E-state index in [0.29, 0.717) is 11.0 Å². The van der Waals surface area contributed by atoms with E-state index in [1.165, 1.54) is 6.07 Å². The Labute approximate surface area is 126 Å². The highest BCUT2D eigenvalue weighted by molar-refractivity contribution is 7.90. The van der Waals surface area contributed by atoms with Gasteiger partial charge in [-0.05, 0) is 30.9 Å². The van der Waals surface area contributed by atoms with Crippen LogP contribution in [0.5, 0.6) is 0 Å². The molecule has 1 aliphatic rings. The van der Waals surface area contributed by atoms with Crippen LogP contribution in [-0.4, -0.2) is 23.1 Å². The van der Waals surface area contributed by atoms with Crippen LogP contribution < -0.4 is 4.72 Å². The Bertz CT molecular complexity index is 811. The highest BCUT2D eigenvalue weighted by Gasteiger charge is 2.23. The van der Waals surface area contributed by atoms with E-state index >= 15 is 0 Å². The topological polar surface area (TPSA) is 89.0 Å². The van der Waals surface area contributed by atoms with Crippen molar-refractivity contribution in [3.8, 4) is 0 Å². The summed E-state index contributed by atoms with van der Waals surface area (Å²) in [6, 6.07) is 4.69. The summed E-state index contributed by atoms with van der Waals surface area (Å²) in [5, 5.41) is 0. The maximum atomic E-state index is 12.3. The van der Waals surface area contributed by atoms with Crippen LogP contribution in [0.4, 0.5) is 0 Å². The van der Waals surface area contributed by atoms with Crippen molar-refractivity contribution in [1.82, 2.24) is 13.5 Å². The highest BCUT2D eigenvalue weighted by Crippen LogP contribution is 2.23. The van der Waals surface area contributed by atoms with Gasteiger partial charge < -0.3 is 0 Å². The molecule has 1 atom stereocenters. The SMILES string of the molecule is O=C(C[C@@H]1C=CCC1)NS(=O)(=O)c1cccc2nsnc12. The normalized spacial score (nSPS) is 18.2. The Balaban J connectivity index is 1.81. The molecule has 1 aromatic heterocycles. The van der Waals surface area contributed by atoms with Crippen LogP contribution in [0.1, 0.15) is 19.3 Å². The average Bonchev–Trinajstić information content (AvgIpc) is 3.07. The van der Waals surface area contributed by atoms with Gasteiger partial charge in [0.05, 0.1) is 11.7 Å². The van der Waals surface area contributed by atoms with Gasteiger partial charge in [-0.3, -0.25) is 4.79 Å². The van der Waals surface area contributed by atoms with Gasteiger partial charge in [-0.25, -0.2) is 13.1 Å². The summed E-state index contributed by atoms with van der Waals surface area (Å²) in [4.78, 5) is 11.9. The van der Waals surface area contributed by atoms with Crippen molar-refractivity contribution in [3.05, 3.63) is 30.4 Å². The molecule has 1 heterocycles. The first kappa shape index (κ1) is 14.2. The average molecular weight is 323 g/mol. The number of hydrogen-bond donors (Lipinski definition) is 1. The van der Waals surface area contributed by atoms with E-state index in [1.54, 1.807) is 12.1 Å². The molecule has 1 amide bonds. The summed E-state index contributed by atoms with van der Waals surface area (Å²) in [7, 11) is -3.92. The Morgan fingerprint density at radius 1 is 1.38 bits per heavy atom. The van der Waals surface area contributed by atoms with Crippen LogP contribution in [0.3, 0.4) is 0 Å². The number of hydrogen-bond acceptors (Lipinski definition) is 6. The second kappa shape index (κ2) is 5.53. The fourth-order valence-corrected chi connectivity index (χ4v) is 4.11. The second-order valence-corrected chi connectivity index (χ2v) is 7.07. The van der Waals surface area contributed by atoms with E-state index in [-0.39, 0.29) is 17.2 Å². The smallest absolute Gasteiger partial charge is 0.266 e. The third-order valence-corrected chi connectivity index (χ3v) is 5.29. The molecule has 110 valence electrons. The molecule has 1 aromatic carbocycles. The Morgan fingerprint density at radius 3 is 3.00 bits per heavy atom. The minimum Gasteiger partial charge on any atom is -0.274 e. The zero-order chi connectivity index (χ0) is 14.9. The molecule has 0 unspecified atom stereocenters. The number of nitrogens with one attached hydrogen (secondary N) is 1. The lowest BCUT2D eigenvalue weighted by atomic mass is 10.1. The third-order valence-electron chi connectivity index (χ3n) is 3.35. The number of fused-ring (bicyclic) bond motifs is 1. The molecule has 0 saturated carbocycles. The number of benzene rings is 1. The van der Waals surface area contributed by atoms with Crippen LogP contribution >= 0.6 is 11.7 Å². The van der Waals surface area contributed by atoms with Crippen molar-refractivity contribution < 1.29 is 13.2 Å². The molecular weight excluding hydrogens is 310 g/mol. The van der Waals surface area contributed by atoms with E-state index in [4.69, 9.17) is 0 Å². The van der Waals surface area contributed by atoms with Gasteiger partial charge in [-0.1, -0.05) is 18.2 Å². The Morgan fingerprint density at radius 2 is 2.24 bits per heavy atom. The number of carbonyl (C=O) groups excluding carboxylic acids is 1. The number of allylic oxidation sites excluding steroid dienone is 2. The molecule has 2 aromatic rings. The molecule has 0 aliphatic heterocycles. The molecule has 0 fully saturated rings. The molecule has 1 aliphatic carbocycles. The van der Waals surface area contributed by atoms with Gasteiger partial charge in [0.1, 0.15) is 15.9 Å². The molecule has 1 N–H and O–H groups in total. The lowest BCUT2D eigenvalue weighted by Crippen LogP contribution is -2.31. The fraction of sp³-hybridized carbons (Fsp3) is 0.308. The first-order chi connectivity index (χ1) is 10.1. The maximum absolute atomic E-state index is 12.3. The lowest BCUT2D eigenvalue weighted by molar-refractivity contribution is -0.119. The summed E-state index contributed by atoms with van der Waals surface area (Å²) in [5.41, 5.74) is 0.803. The predicted molar refractivity (Wildman–Crippen MR) is 79.2 cm³/mol. The van der Waals surface area contributed by atoms with E-state index < -0.39 is 15.9 Å². The minimum absolute atomic E-state index is 0.0101. The van der Waals surface area contributed by atoms with Crippen molar-refractivity contribution in [2.24, 2.45) is 5.92 Å². The number of carbonyl (C=O) groups is 1. The number of amides is 1. The number of sulfonamides is 1. The van der Waals surface area contributed by atoms with Gasteiger partial charge in [-0.2, -0.15) is 8.75 Å². The van der Waals surface area contributed by atoms with Crippen LogP contribution in [0.25, 0.3) is 11.0 Å². The van der Waals surface area contributed by atoms with Crippen molar-refractivity contribution in [2.75, 3.05) is 0 Å². The van der Waals surface area contributed by atoms with Crippen molar-refractivity contribution in [3.63, 3.8) is 0 Å². The quantitative estimate of drug-likeness (QED) is 0.867. The lowest BCUT2D eigenvalue weighted by Gasteiger charge is -2.09. The largest absolute Gasteiger partial charge is 0.274 e. The second-order valence-electron chi connectivity index (χ2n) is 4.89. The first-order valence-electron chi connectivity index (χ1n) is 6.50. The van der Waals surface area contributed by atoms with Gasteiger partial charge in [0.15, 0.2) is 0 Å². The van der Waals surface area contributed by atoms with E-state index in [0.717, 1.165) is 24.6 Å². The molecule has 6 nitrogen and oxygen atoms in total. The summed E-state index contributed by atoms with van der Waals surface area (Å²) >= 11 is 0.942. The Kier molecular flexibility index (Phi) is 3.73. The maximum Gasteiger partial charge on any atom is 0.266 e. The molecule has 21 heavy (non-hydrogen) atoms. The van der Waals surface area contributed by atoms with Crippen LogP contribution in [-0.2, 0) is 14.8 Å². The monoisotopic (exact) mass is 323 g/mol. The molecular formula is C13H13N3O3S2. The molecule has 3 rings (SSSR count). The highest BCUT2D eigenvalue weighted by atomic mass is 32.2. The summed E-state index contributed by atoms with van der Waals surface area (Å²) in [6.07, 6.45) is 5.97. The fourth-order valence-electron chi connectivity index (χ4n) is 2.35. The van der Waals surface area contributed by atoms with Crippen LogP contribution in [0.2, 0.25) is 0 Å². The number of nitrogens with zero attached hydrogens (tertiary/aromatic N) is 2. The van der Waals surface area contributed by atoms with Gasteiger partial charge in [-0.15, -0.1) is 0 Å². The van der Waals surface area contributed by atoms with Gasteiger partial charge in [0, 0.05) is 6.42 Å². The van der Waals surface area contributed by atoms with Gasteiger partial charge >= 0.3 is 0 Å². The zero-order valence-corrected chi connectivity index (χ0v) is 12.7. The van der Waals surface area contributed by atoms with Crippen LogP contribution in [0, 0.1) is 5.92 Å². The molecule has 0 bridgehead atoms. The van der Waals surface area contributed by atoms with E-state index in [2.05, 4.69) is 13.5 Å². The number of aromatic nitrogens is 2. The molecule has 8 heteroatoms. The van der Waals surface area contributed by atoms with Gasteiger partial charge in [0.2, 0.25) is 5.91 Å². The minimum atomic E-state index is -3.92. The van der Waals surface area contributed by atoms with Crippen molar-refractivity contribution in [2.45, 2.75) is 24.2 Å². The first-order valence-corrected chi connectivity index (χ1v) is 8.71. The third kappa shape index (κ3) is 2.96. The molecule has 0 saturated heterocycles. The number of rotatable bonds is 4. The predicted octanol–water partition coefficient (Wildman–Crippen LogP) is 1.85.